The Hall–Kier alpha value is -3.57. The highest BCUT2D eigenvalue weighted by Crippen LogP contribution is 2.51. The van der Waals surface area contributed by atoms with Crippen molar-refractivity contribution in [3.8, 4) is 5.75 Å². The quantitative estimate of drug-likeness (QED) is 0.331. The third-order valence-corrected chi connectivity index (χ3v) is 7.72. The van der Waals surface area contributed by atoms with Gasteiger partial charge in [-0.25, -0.2) is 0 Å². The van der Waals surface area contributed by atoms with Crippen LogP contribution in [0, 0.1) is 5.92 Å². The van der Waals surface area contributed by atoms with E-state index in [0.717, 1.165) is 48.6 Å². The van der Waals surface area contributed by atoms with E-state index in [4.69, 9.17) is 4.74 Å². The molecule has 0 aromatic heterocycles. The zero-order chi connectivity index (χ0) is 25.6. The van der Waals surface area contributed by atoms with Gasteiger partial charge >= 0.3 is 0 Å². The lowest BCUT2D eigenvalue weighted by molar-refractivity contribution is 0.0948. The maximum absolute atomic E-state index is 12.9. The molecule has 5 nitrogen and oxygen atoms in total. The third-order valence-electron chi connectivity index (χ3n) is 7.72. The van der Waals surface area contributed by atoms with Gasteiger partial charge in [-0.3, -0.25) is 4.79 Å². The minimum Gasteiger partial charge on any atom is -0.489 e. The smallest absolute Gasteiger partial charge is 0.251 e. The Kier molecular flexibility index (Phi) is 7.90. The highest BCUT2D eigenvalue weighted by Gasteiger charge is 2.39. The maximum Gasteiger partial charge on any atom is 0.251 e. The molecule has 3 atom stereocenters. The van der Waals surface area contributed by atoms with Gasteiger partial charge in [0.2, 0.25) is 0 Å². The monoisotopic (exact) mass is 495 g/mol. The van der Waals surface area contributed by atoms with Crippen molar-refractivity contribution in [1.29, 1.82) is 0 Å². The summed E-state index contributed by atoms with van der Waals surface area (Å²) in [6, 6.07) is 24.9. The number of fused-ring (bicyclic) bond motifs is 3. The Morgan fingerprint density at radius 1 is 1.00 bits per heavy atom. The van der Waals surface area contributed by atoms with E-state index < -0.39 is 0 Å². The van der Waals surface area contributed by atoms with E-state index in [9.17, 15) is 4.79 Å². The van der Waals surface area contributed by atoms with Crippen LogP contribution in [0.25, 0.3) is 0 Å². The zero-order valence-electron chi connectivity index (χ0n) is 21.8. The number of nitrogens with one attached hydrogen (secondary N) is 2. The van der Waals surface area contributed by atoms with Gasteiger partial charge in [0, 0.05) is 35.8 Å². The molecule has 192 valence electrons. The molecule has 0 radical (unpaired) electrons. The molecule has 2 aliphatic rings. The summed E-state index contributed by atoms with van der Waals surface area (Å²) in [5.74, 6) is 1.55. The first-order valence-electron chi connectivity index (χ1n) is 13.5. The van der Waals surface area contributed by atoms with Crippen LogP contribution in [0.15, 0.2) is 84.9 Å². The summed E-state index contributed by atoms with van der Waals surface area (Å²) in [4.78, 5) is 15.2. The van der Waals surface area contributed by atoms with Crippen LogP contribution >= 0.6 is 0 Å². The van der Waals surface area contributed by atoms with Crippen LogP contribution in [0.2, 0.25) is 0 Å². The zero-order valence-corrected chi connectivity index (χ0v) is 21.8. The van der Waals surface area contributed by atoms with Crippen molar-refractivity contribution in [2.45, 2.75) is 38.8 Å². The van der Waals surface area contributed by atoms with Crippen molar-refractivity contribution >= 4 is 11.6 Å². The van der Waals surface area contributed by atoms with Crippen molar-refractivity contribution in [2.24, 2.45) is 5.92 Å². The van der Waals surface area contributed by atoms with Gasteiger partial charge in [-0.15, -0.1) is 0 Å². The molecule has 5 rings (SSSR count). The fraction of sp³-hybridized carbons (Fsp3) is 0.344. The molecule has 5 heteroatoms. The highest BCUT2D eigenvalue weighted by molar-refractivity contribution is 5.95. The molecule has 1 aliphatic heterocycles. The normalized spacial score (nSPS) is 19.7. The summed E-state index contributed by atoms with van der Waals surface area (Å²) in [7, 11) is 0. The fourth-order valence-electron chi connectivity index (χ4n) is 5.62. The summed E-state index contributed by atoms with van der Waals surface area (Å²) in [6.07, 6.45) is 5.59. The van der Waals surface area contributed by atoms with E-state index in [-0.39, 0.29) is 17.9 Å². The van der Waals surface area contributed by atoms with Gasteiger partial charge in [0.15, 0.2) is 0 Å². The van der Waals surface area contributed by atoms with Crippen molar-refractivity contribution in [3.63, 3.8) is 0 Å². The molecule has 3 unspecified atom stereocenters. The van der Waals surface area contributed by atoms with E-state index in [1.165, 1.54) is 11.1 Å². The Bertz CT molecular complexity index is 1240. The summed E-state index contributed by atoms with van der Waals surface area (Å²) in [5, 5.41) is 6.90. The van der Waals surface area contributed by atoms with E-state index >= 15 is 0 Å². The number of anilines is 1. The molecule has 2 N–H and O–H groups in total. The Labute approximate surface area is 220 Å². The highest BCUT2D eigenvalue weighted by atomic mass is 16.5. The Morgan fingerprint density at radius 2 is 1.78 bits per heavy atom. The second-order valence-electron chi connectivity index (χ2n) is 9.87. The van der Waals surface area contributed by atoms with Crippen molar-refractivity contribution in [2.75, 3.05) is 31.5 Å². The first-order chi connectivity index (χ1) is 18.2. The molecule has 3 aromatic rings. The molecule has 1 aliphatic carbocycles. The predicted molar refractivity (Wildman–Crippen MR) is 150 cm³/mol. The number of allylic oxidation sites excluding steroid dienone is 2. The third kappa shape index (κ3) is 5.57. The predicted octanol–water partition coefficient (Wildman–Crippen LogP) is 6.16. The number of para-hydroxylation sites is 1. The number of nitrogens with zero attached hydrogens (tertiary/aromatic N) is 1. The second kappa shape index (κ2) is 11.7. The van der Waals surface area contributed by atoms with Gasteiger partial charge in [0.1, 0.15) is 12.4 Å². The molecule has 0 saturated carbocycles. The first kappa shape index (κ1) is 25.1. The minimum atomic E-state index is -0.00439. The number of hydrogen-bond acceptors (Lipinski definition) is 4. The minimum absolute atomic E-state index is 0.00439. The fourth-order valence-corrected chi connectivity index (χ4v) is 5.62. The van der Waals surface area contributed by atoms with Gasteiger partial charge in [-0.1, -0.05) is 74.5 Å². The largest absolute Gasteiger partial charge is 0.489 e. The number of rotatable bonds is 10. The lowest BCUT2D eigenvalue weighted by atomic mass is 9.76. The molecular formula is C32H37N3O2. The van der Waals surface area contributed by atoms with Crippen LogP contribution in [0.3, 0.4) is 0 Å². The molecule has 37 heavy (non-hydrogen) atoms. The van der Waals surface area contributed by atoms with Gasteiger partial charge < -0.3 is 20.3 Å². The van der Waals surface area contributed by atoms with Crippen molar-refractivity contribution in [3.05, 3.63) is 107 Å². The summed E-state index contributed by atoms with van der Waals surface area (Å²) >= 11 is 0. The van der Waals surface area contributed by atoms with Crippen LogP contribution in [0.1, 0.15) is 59.3 Å². The second-order valence-corrected chi connectivity index (χ2v) is 9.87. The van der Waals surface area contributed by atoms with Gasteiger partial charge in [-0.2, -0.15) is 0 Å². The molecule has 0 bridgehead atoms. The lowest BCUT2D eigenvalue weighted by Gasteiger charge is -2.38. The molecule has 0 saturated heterocycles. The summed E-state index contributed by atoms with van der Waals surface area (Å²) in [5.41, 5.74) is 5.36. The number of likely N-dealkylation sites (N-methyl/N-ethyl adjacent to an activating group) is 1. The van der Waals surface area contributed by atoms with Crippen LogP contribution in [0.4, 0.5) is 5.69 Å². The van der Waals surface area contributed by atoms with Crippen LogP contribution in [0.5, 0.6) is 5.75 Å². The SMILES string of the molecule is CCN(CC)CCNC(=O)c1ccc2c(c1)C1C=CCC1C(c1ccccc1OCc1ccccc1)N2. The number of carbonyl (C=O) groups excluding carboxylic acids is 1. The topological polar surface area (TPSA) is 53.6 Å². The average molecular weight is 496 g/mol. The number of benzene rings is 3. The van der Waals surface area contributed by atoms with Crippen LogP contribution in [-0.4, -0.2) is 37.0 Å². The lowest BCUT2D eigenvalue weighted by Crippen LogP contribution is -2.35. The maximum atomic E-state index is 12.9. The van der Waals surface area contributed by atoms with Crippen molar-refractivity contribution < 1.29 is 9.53 Å². The Balaban J connectivity index is 1.34. The van der Waals surface area contributed by atoms with Crippen LogP contribution < -0.4 is 15.4 Å². The van der Waals surface area contributed by atoms with Crippen molar-refractivity contribution in [1.82, 2.24) is 10.2 Å². The molecule has 1 heterocycles. The molecule has 1 amide bonds. The average Bonchev–Trinajstić information content (AvgIpc) is 3.45. The summed E-state index contributed by atoms with van der Waals surface area (Å²) in [6.45, 7) is 8.35. The number of hydrogen-bond donors (Lipinski definition) is 2. The number of amides is 1. The molecule has 0 fully saturated rings. The summed E-state index contributed by atoms with van der Waals surface area (Å²) < 4.78 is 6.32. The molecule has 0 spiro atoms. The van der Waals surface area contributed by atoms with Crippen LogP contribution in [-0.2, 0) is 6.61 Å². The Morgan fingerprint density at radius 3 is 2.59 bits per heavy atom. The molecular weight excluding hydrogens is 458 g/mol. The van der Waals surface area contributed by atoms with E-state index in [1.807, 2.05) is 30.3 Å². The van der Waals surface area contributed by atoms with E-state index in [0.29, 0.717) is 19.1 Å². The molecule has 3 aromatic carbocycles. The van der Waals surface area contributed by atoms with Gasteiger partial charge in [-0.05, 0) is 60.8 Å². The van der Waals surface area contributed by atoms with Gasteiger partial charge in [0.05, 0.1) is 6.04 Å². The van der Waals surface area contributed by atoms with E-state index in [2.05, 4.69) is 84.0 Å². The first-order valence-corrected chi connectivity index (χ1v) is 13.5. The van der Waals surface area contributed by atoms with E-state index in [1.54, 1.807) is 0 Å². The van der Waals surface area contributed by atoms with Gasteiger partial charge in [0.25, 0.3) is 5.91 Å². The number of carbonyl (C=O) groups is 1. The standard InChI is InChI=1S/C32H37N3O2/c1-3-35(4-2)20-19-33-32(36)24-17-18-29-28(21-24)25-14-10-15-26(25)31(34-29)27-13-8-9-16-30(27)37-22-23-11-6-5-7-12-23/h5-14,16-18,21,25-26,31,34H,3-4,15,19-20,22H2,1-2H3,(H,33,36). The number of ether oxygens (including phenoxy) is 1.